The second-order valence-electron chi connectivity index (χ2n) is 5.47. The maximum Gasteiger partial charge on any atom is 0.191 e. The van der Waals surface area contributed by atoms with Crippen molar-refractivity contribution < 1.29 is 14.2 Å². The van der Waals surface area contributed by atoms with Crippen molar-refractivity contribution in [3.63, 3.8) is 0 Å². The molecular formula is C20H28IN3O3. The number of methoxy groups -OCH3 is 2. The molecule has 2 aromatic rings. The number of halogens is 1. The Morgan fingerprint density at radius 3 is 2.37 bits per heavy atom. The average Bonchev–Trinajstić information content (AvgIpc) is 2.69. The molecule has 2 N–H and O–H groups in total. The van der Waals surface area contributed by atoms with E-state index in [0.717, 1.165) is 23.8 Å². The number of hydrogen-bond donors (Lipinski definition) is 2. The van der Waals surface area contributed by atoms with Gasteiger partial charge in [0.25, 0.3) is 0 Å². The molecule has 0 saturated heterocycles. The number of nitrogens with one attached hydrogen (secondary N) is 2. The van der Waals surface area contributed by atoms with Crippen LogP contribution in [0.15, 0.2) is 53.5 Å². The van der Waals surface area contributed by atoms with E-state index in [1.807, 2.05) is 55.5 Å². The van der Waals surface area contributed by atoms with Gasteiger partial charge in [0, 0.05) is 6.54 Å². The highest BCUT2D eigenvalue weighted by Gasteiger charge is 2.04. The molecule has 0 fully saturated rings. The minimum atomic E-state index is 0. The van der Waals surface area contributed by atoms with E-state index in [1.165, 1.54) is 0 Å². The van der Waals surface area contributed by atoms with E-state index in [9.17, 15) is 0 Å². The SMILES string of the molecule is CCNC(=NCc1ccc(OC)c(OC)c1)NCCOc1ccccc1.I. The summed E-state index contributed by atoms with van der Waals surface area (Å²) in [5, 5.41) is 6.50. The van der Waals surface area contributed by atoms with Gasteiger partial charge < -0.3 is 24.8 Å². The lowest BCUT2D eigenvalue weighted by atomic mass is 10.2. The predicted molar refractivity (Wildman–Crippen MR) is 120 cm³/mol. The first-order valence-electron chi connectivity index (χ1n) is 8.67. The topological polar surface area (TPSA) is 64.1 Å². The zero-order valence-corrected chi connectivity index (χ0v) is 18.4. The predicted octanol–water partition coefficient (Wildman–Crippen LogP) is 3.46. The summed E-state index contributed by atoms with van der Waals surface area (Å²) in [6.45, 7) is 4.58. The van der Waals surface area contributed by atoms with Crippen LogP contribution in [0.1, 0.15) is 12.5 Å². The molecule has 0 aliphatic rings. The Hall–Kier alpha value is -2.16. The fourth-order valence-electron chi connectivity index (χ4n) is 2.35. The lowest BCUT2D eigenvalue weighted by molar-refractivity contribution is 0.322. The smallest absolute Gasteiger partial charge is 0.191 e. The van der Waals surface area contributed by atoms with Gasteiger partial charge in [-0.3, -0.25) is 0 Å². The van der Waals surface area contributed by atoms with Gasteiger partial charge in [0.05, 0.1) is 27.3 Å². The fraction of sp³-hybridized carbons (Fsp3) is 0.350. The molecule has 0 unspecified atom stereocenters. The number of para-hydroxylation sites is 1. The van der Waals surface area contributed by atoms with Crippen molar-refractivity contribution in [2.75, 3.05) is 33.9 Å². The molecule has 0 saturated carbocycles. The first-order chi connectivity index (χ1) is 12.8. The molecule has 27 heavy (non-hydrogen) atoms. The Morgan fingerprint density at radius 2 is 1.70 bits per heavy atom. The van der Waals surface area contributed by atoms with E-state index in [4.69, 9.17) is 14.2 Å². The Kier molecular flexibility index (Phi) is 11.1. The van der Waals surface area contributed by atoms with Crippen LogP contribution in [0.2, 0.25) is 0 Å². The minimum Gasteiger partial charge on any atom is -0.493 e. The van der Waals surface area contributed by atoms with Crippen LogP contribution in [0.25, 0.3) is 0 Å². The van der Waals surface area contributed by atoms with Crippen LogP contribution in [0.3, 0.4) is 0 Å². The third kappa shape index (κ3) is 7.94. The Morgan fingerprint density at radius 1 is 0.963 bits per heavy atom. The molecule has 148 valence electrons. The average molecular weight is 485 g/mol. The summed E-state index contributed by atoms with van der Waals surface area (Å²) in [5.74, 6) is 3.03. The molecule has 0 atom stereocenters. The number of benzene rings is 2. The number of aliphatic imine (C=N–C) groups is 1. The van der Waals surface area contributed by atoms with Crippen LogP contribution < -0.4 is 24.8 Å². The van der Waals surface area contributed by atoms with Crippen molar-refractivity contribution in [1.29, 1.82) is 0 Å². The summed E-state index contributed by atoms with van der Waals surface area (Å²) in [6, 6.07) is 15.6. The highest BCUT2D eigenvalue weighted by atomic mass is 127. The zero-order chi connectivity index (χ0) is 18.6. The van der Waals surface area contributed by atoms with Crippen molar-refractivity contribution >= 4 is 29.9 Å². The van der Waals surface area contributed by atoms with Gasteiger partial charge in [0.15, 0.2) is 17.5 Å². The van der Waals surface area contributed by atoms with Crippen LogP contribution in [0.5, 0.6) is 17.2 Å². The van der Waals surface area contributed by atoms with Crippen molar-refractivity contribution in [1.82, 2.24) is 10.6 Å². The molecule has 0 spiro atoms. The van der Waals surface area contributed by atoms with Gasteiger partial charge in [-0.25, -0.2) is 4.99 Å². The molecule has 0 bridgehead atoms. The Bertz CT molecular complexity index is 696. The lowest BCUT2D eigenvalue weighted by Gasteiger charge is -2.12. The zero-order valence-electron chi connectivity index (χ0n) is 16.0. The molecule has 0 heterocycles. The normalized spacial score (nSPS) is 10.6. The summed E-state index contributed by atoms with van der Waals surface area (Å²) in [7, 11) is 3.25. The van der Waals surface area contributed by atoms with E-state index >= 15 is 0 Å². The van der Waals surface area contributed by atoms with Crippen LogP contribution in [0, 0.1) is 0 Å². The summed E-state index contributed by atoms with van der Waals surface area (Å²) in [4.78, 5) is 4.60. The third-order valence-corrected chi connectivity index (χ3v) is 3.62. The summed E-state index contributed by atoms with van der Waals surface area (Å²) < 4.78 is 16.3. The van der Waals surface area contributed by atoms with Gasteiger partial charge in [-0.15, -0.1) is 24.0 Å². The molecule has 0 aliphatic carbocycles. The van der Waals surface area contributed by atoms with Crippen LogP contribution in [-0.4, -0.2) is 39.9 Å². The molecular weight excluding hydrogens is 457 g/mol. The molecule has 0 aliphatic heterocycles. The second kappa shape index (κ2) is 13.1. The first-order valence-corrected chi connectivity index (χ1v) is 8.67. The number of nitrogens with zero attached hydrogens (tertiary/aromatic N) is 1. The summed E-state index contributed by atoms with van der Waals surface area (Å²) >= 11 is 0. The van der Waals surface area contributed by atoms with Crippen LogP contribution in [0.4, 0.5) is 0 Å². The number of ether oxygens (including phenoxy) is 3. The summed E-state index contributed by atoms with van der Waals surface area (Å²) in [5.41, 5.74) is 1.04. The standard InChI is InChI=1S/C20H27N3O3.HI/c1-4-21-20(22-12-13-26-17-8-6-5-7-9-17)23-15-16-10-11-18(24-2)19(14-16)25-3;/h5-11,14H,4,12-13,15H2,1-3H3,(H2,21,22,23);1H. The monoisotopic (exact) mass is 485 g/mol. The number of rotatable bonds is 9. The maximum atomic E-state index is 5.68. The number of hydrogen-bond acceptors (Lipinski definition) is 4. The van der Waals surface area contributed by atoms with E-state index < -0.39 is 0 Å². The van der Waals surface area contributed by atoms with Gasteiger partial charge in [-0.2, -0.15) is 0 Å². The van der Waals surface area contributed by atoms with Gasteiger partial charge in [0.2, 0.25) is 0 Å². The number of guanidine groups is 1. The highest BCUT2D eigenvalue weighted by Crippen LogP contribution is 2.27. The van der Waals surface area contributed by atoms with E-state index in [1.54, 1.807) is 14.2 Å². The summed E-state index contributed by atoms with van der Waals surface area (Å²) in [6.07, 6.45) is 0. The minimum absolute atomic E-state index is 0. The maximum absolute atomic E-state index is 5.68. The fourth-order valence-corrected chi connectivity index (χ4v) is 2.35. The molecule has 0 amide bonds. The van der Waals surface area contributed by atoms with Crippen molar-refractivity contribution in [3.05, 3.63) is 54.1 Å². The molecule has 0 radical (unpaired) electrons. The van der Waals surface area contributed by atoms with Crippen molar-refractivity contribution in [2.24, 2.45) is 4.99 Å². The van der Waals surface area contributed by atoms with Gasteiger partial charge >= 0.3 is 0 Å². The Labute approximate surface area is 178 Å². The van der Waals surface area contributed by atoms with E-state index in [0.29, 0.717) is 31.2 Å². The van der Waals surface area contributed by atoms with E-state index in [2.05, 4.69) is 15.6 Å². The van der Waals surface area contributed by atoms with Crippen molar-refractivity contribution in [3.8, 4) is 17.2 Å². The molecule has 2 aromatic carbocycles. The van der Waals surface area contributed by atoms with Gasteiger partial charge in [-0.05, 0) is 36.8 Å². The van der Waals surface area contributed by atoms with Gasteiger partial charge in [-0.1, -0.05) is 24.3 Å². The highest BCUT2D eigenvalue weighted by molar-refractivity contribution is 14.0. The first kappa shape index (κ1) is 22.9. The third-order valence-electron chi connectivity index (χ3n) is 3.62. The largest absolute Gasteiger partial charge is 0.493 e. The lowest BCUT2D eigenvalue weighted by Crippen LogP contribution is -2.39. The molecule has 2 rings (SSSR count). The quantitative estimate of drug-likeness (QED) is 0.247. The molecule has 0 aromatic heterocycles. The Balaban J connectivity index is 0.00000364. The van der Waals surface area contributed by atoms with Crippen LogP contribution in [-0.2, 0) is 6.54 Å². The van der Waals surface area contributed by atoms with Crippen LogP contribution >= 0.6 is 24.0 Å². The van der Waals surface area contributed by atoms with E-state index in [-0.39, 0.29) is 24.0 Å². The second-order valence-corrected chi connectivity index (χ2v) is 5.47. The van der Waals surface area contributed by atoms with Gasteiger partial charge in [0.1, 0.15) is 12.4 Å². The molecule has 6 nitrogen and oxygen atoms in total. The van der Waals surface area contributed by atoms with Crippen molar-refractivity contribution in [2.45, 2.75) is 13.5 Å². The molecule has 7 heteroatoms.